The molecule has 0 radical (unpaired) electrons. The number of hydrogen-bond donors (Lipinski definition) is 4. The van der Waals surface area contributed by atoms with Gasteiger partial charge in [-0.05, 0) is 127 Å². The number of alkyl halides is 6. The molecular weight excluding hydrogens is 1670 g/mol. The van der Waals surface area contributed by atoms with Crippen LogP contribution in [0.1, 0.15) is 254 Å². The van der Waals surface area contributed by atoms with Gasteiger partial charge in [0, 0.05) is 141 Å². The molecule has 5 N–H and O–H groups in total. The van der Waals surface area contributed by atoms with Crippen molar-refractivity contribution in [2.45, 2.75) is 280 Å². The summed E-state index contributed by atoms with van der Waals surface area (Å²) < 4.78 is 111. The second-order valence-electron chi connectivity index (χ2n) is 30.3. The zero-order valence-corrected chi connectivity index (χ0v) is 71.5. The molecule has 7 fully saturated rings. The zero-order valence-electron chi connectivity index (χ0n) is 64.1. The first-order valence-electron chi connectivity index (χ1n) is 38.6. The molecule has 0 spiro atoms. The monoisotopic (exact) mass is 1770 g/mol. The molecule has 7 aliphatic carbocycles. The second-order valence-corrected chi connectivity index (χ2v) is 48.1. The van der Waals surface area contributed by atoms with Crippen LogP contribution in [0, 0.1) is 0 Å². The van der Waals surface area contributed by atoms with Crippen molar-refractivity contribution in [1.82, 2.24) is 79.4 Å². The van der Waals surface area contributed by atoms with Gasteiger partial charge in [0.15, 0.2) is 0 Å². The second kappa shape index (κ2) is 41.0. The number of nitrogens with zero attached hydrogens (tertiary/aromatic N) is 15. The topological polar surface area (TPSA) is 269 Å². The maximum absolute atomic E-state index is 13.4. The molecule has 0 saturated heterocycles. The van der Waals surface area contributed by atoms with Gasteiger partial charge in [0.25, 0.3) is 17.8 Å². The van der Waals surface area contributed by atoms with E-state index in [9.17, 15) is 34.8 Å². The van der Waals surface area contributed by atoms with Gasteiger partial charge in [-0.15, -0.1) is 0 Å². The van der Waals surface area contributed by atoms with Gasteiger partial charge in [-0.2, -0.15) is 45.3 Å². The Labute approximate surface area is 676 Å². The van der Waals surface area contributed by atoms with E-state index in [0.717, 1.165) is 40.5 Å². The molecule has 7 aliphatic rings. The predicted molar refractivity (Wildman–Crippen MR) is 432 cm³/mol. The summed E-state index contributed by atoms with van der Waals surface area (Å²) in [5.74, 6) is -2.52. The number of nitrogens with one attached hydrogen (secondary N) is 3. The summed E-state index contributed by atoms with van der Waals surface area (Å²) in [4.78, 5) is 32.9. The minimum absolute atomic E-state index is 0.00464. The Morgan fingerprint density at radius 3 is 1.20 bits per heavy atom. The third kappa shape index (κ3) is 29.6. The normalized spacial score (nSPS) is 18.1. The SMILES string of the molecule is C=C(C)c1cc(NC2CCC(F)(F)CC2)nc(-n2ccc(C3CC3)n2)n1.C=[C](C)[Sn]([CH2]CCC)([CH2]CCC)[CH2]CCC.CS(=O)(=O)c1nc(Cl)cc(Cl)n1.Clc1cc(Cl)nc(-n2ccc(C3CC3)n2)n1.FC1(F)CCC(Nc2cc(Cl)nc(-n3ccc(C4CC4)n3)n2)CC1.NC1CCC(F)(F)CC1.c1cc(C2CC2)[nH]n1. The standard InChI is InChI=1S/C19H23F2N5.C16H18ClF2N5.C10H8Cl2N4.C6H11F2N.C6H8N2.C5H4Cl2N2O2S.3C4H9.C3H5.Sn/c1-12(2)16-11-17(22-14-5-8-19(20,21)9-6-14)24-18(23-16)26-10-7-15(25-26)13-3-4-13;17-13-9-14(20-11-3-6-16(18,19)7-4-11)22-15(21-13)24-8-5-12(23-24)10-1-2-10;11-8-5-9(12)14-10(13-8)16-4-3-7(15-16)6-1-2-6;7-6(8)3-1-5(9)2-4-6;1-2-5(1)6-3-4-7-8-6;1-12(10,11)5-8-3(6)2-4(7)9-5;3*1-3-4-2;1-3-2;/h7,10-11,13-14H,1,3-6,8-9H2,2H3,(H,22,23,24);5,8-11H,1-4,6-7H2,(H,20,21,22);3-6H,1-2H2;5H,1-4,9H2;3-5H,1-2H2,(H,7,8);2H,1H3;3*1,3-4H2,2H3;1H2,2H3;. The average Bonchev–Trinajstić information content (AvgIpc) is 1.71. The number of allylic oxidation sites excluding steroid dienone is 2. The van der Waals surface area contributed by atoms with Crippen LogP contribution in [0.5, 0.6) is 0 Å². The molecule has 15 rings (SSSR count). The van der Waals surface area contributed by atoms with Crippen LogP contribution in [-0.4, -0.2) is 148 Å². The van der Waals surface area contributed by atoms with E-state index in [1.807, 2.05) is 56.0 Å². The van der Waals surface area contributed by atoms with Gasteiger partial charge in [-0.1, -0.05) is 64.6 Å². The van der Waals surface area contributed by atoms with Crippen molar-refractivity contribution >= 4 is 103 Å². The number of aromatic nitrogens is 16. The Morgan fingerprint density at radius 2 is 0.865 bits per heavy atom. The Kier molecular flexibility index (Phi) is 32.9. The molecule has 21 nitrogen and oxygen atoms in total. The molecule has 0 aromatic carbocycles. The van der Waals surface area contributed by atoms with E-state index in [2.05, 4.69) is 123 Å². The van der Waals surface area contributed by atoms with Crippen molar-refractivity contribution in [3.63, 3.8) is 0 Å². The maximum atomic E-state index is 13.4. The van der Waals surface area contributed by atoms with Gasteiger partial charge in [-0.25, -0.2) is 63.8 Å². The van der Waals surface area contributed by atoms with Crippen molar-refractivity contribution in [2.75, 3.05) is 16.9 Å². The Hall–Kier alpha value is -6.02. The fraction of sp³-hybridized carbons (Fsp3) is 0.584. The Morgan fingerprint density at radius 1 is 0.514 bits per heavy atom. The van der Waals surface area contributed by atoms with Crippen molar-refractivity contribution in [1.29, 1.82) is 0 Å². The molecule has 8 aromatic heterocycles. The molecule has 0 bridgehead atoms. The minimum atomic E-state index is -3.44. The summed E-state index contributed by atoms with van der Waals surface area (Å²) in [6.07, 6.45) is 28.9. The van der Waals surface area contributed by atoms with Gasteiger partial charge in [-0.3, -0.25) is 5.10 Å². The van der Waals surface area contributed by atoms with Gasteiger partial charge < -0.3 is 16.4 Å². The van der Waals surface area contributed by atoms with Crippen LogP contribution in [0.25, 0.3) is 23.4 Å². The number of hydrogen-bond acceptors (Lipinski definition) is 17. The smallest absolute Gasteiger partial charge is 0.253 e. The number of rotatable bonds is 23. The number of anilines is 2. The predicted octanol–water partition coefficient (Wildman–Crippen LogP) is 21.5. The molecule has 111 heavy (non-hydrogen) atoms. The first-order valence-corrected chi connectivity index (χ1v) is 49.9. The average molecular weight is 1770 g/mol. The number of nitrogens with two attached hydrogens (primary N) is 1. The van der Waals surface area contributed by atoms with E-state index in [-0.39, 0.29) is 72.1 Å². The van der Waals surface area contributed by atoms with Crippen LogP contribution in [0.4, 0.5) is 38.0 Å². The van der Waals surface area contributed by atoms with Crippen molar-refractivity contribution in [3.8, 4) is 17.8 Å². The minimum Gasteiger partial charge on any atom is -0.367 e. The number of H-pyrrole nitrogens is 1. The molecular formula is C77H104Cl5F6N19O2SSn. The molecule has 0 amide bonds. The number of sulfone groups is 1. The molecule has 7 saturated carbocycles. The van der Waals surface area contributed by atoms with Gasteiger partial charge in [0.05, 0.1) is 22.8 Å². The fourth-order valence-electron chi connectivity index (χ4n) is 12.9. The third-order valence-corrected chi connectivity index (χ3v) is 38.5. The van der Waals surface area contributed by atoms with Crippen LogP contribution in [0.2, 0.25) is 39.1 Å². The van der Waals surface area contributed by atoms with Gasteiger partial charge in [0.2, 0.25) is 32.8 Å². The molecule has 8 aromatic rings. The summed E-state index contributed by atoms with van der Waals surface area (Å²) in [6.45, 7) is 19.6. The summed E-state index contributed by atoms with van der Waals surface area (Å²) in [6, 6.07) is 14.2. The van der Waals surface area contributed by atoms with Gasteiger partial charge in [0.1, 0.15) is 37.4 Å². The third-order valence-electron chi connectivity index (χ3n) is 20.3. The molecule has 8 heterocycles. The first kappa shape index (κ1) is 88.9. The Balaban J connectivity index is 0.000000154. The zero-order chi connectivity index (χ0) is 80.3. The van der Waals surface area contributed by atoms with Crippen molar-refractivity contribution in [3.05, 3.63) is 144 Å². The van der Waals surface area contributed by atoms with Crippen LogP contribution >= 0.6 is 58.0 Å². The van der Waals surface area contributed by atoms with E-state index < -0.39 is 46.0 Å². The van der Waals surface area contributed by atoms with E-state index in [1.165, 1.54) is 108 Å². The molecule has 0 atom stereocenters. The summed E-state index contributed by atoms with van der Waals surface area (Å²) in [7, 11) is -3.44. The first-order chi connectivity index (χ1) is 52.7. The summed E-state index contributed by atoms with van der Waals surface area (Å²) in [5.41, 5.74) is 11.5. The molecule has 0 aliphatic heterocycles. The van der Waals surface area contributed by atoms with Crippen molar-refractivity contribution < 1.29 is 34.8 Å². The molecule has 0 unspecified atom stereocenters. The van der Waals surface area contributed by atoms with E-state index in [1.54, 1.807) is 37.0 Å². The van der Waals surface area contributed by atoms with Crippen LogP contribution in [0.15, 0.2) is 95.2 Å². The largest absolute Gasteiger partial charge is 0.367 e. The number of halogens is 11. The van der Waals surface area contributed by atoms with Crippen molar-refractivity contribution in [2.24, 2.45) is 5.73 Å². The van der Waals surface area contributed by atoms with Crippen LogP contribution in [0.3, 0.4) is 0 Å². The fourth-order valence-corrected chi connectivity index (χ4v) is 29.1. The van der Waals surface area contributed by atoms with Crippen LogP contribution in [-0.2, 0) is 9.84 Å². The molecule has 606 valence electrons. The van der Waals surface area contributed by atoms with E-state index in [0.29, 0.717) is 101 Å². The van der Waals surface area contributed by atoms with Gasteiger partial charge >= 0.3 is 108 Å². The number of unbranched alkanes of at least 4 members (excludes halogenated alkanes) is 3. The molecule has 34 heteroatoms. The summed E-state index contributed by atoms with van der Waals surface area (Å²) in [5, 5.41) is 27.4. The number of aromatic amines is 1. The Bertz CT molecular complexity index is 4330. The van der Waals surface area contributed by atoms with E-state index in [4.69, 9.17) is 63.7 Å². The quantitative estimate of drug-likeness (QED) is 0.0201. The summed E-state index contributed by atoms with van der Waals surface area (Å²) >= 11 is 26.7. The van der Waals surface area contributed by atoms with E-state index >= 15 is 0 Å². The van der Waals surface area contributed by atoms with Crippen LogP contribution < -0.4 is 16.4 Å². The maximum Gasteiger partial charge on any atom is 0.253 e.